The van der Waals surface area contributed by atoms with Gasteiger partial charge in [-0.05, 0) is 50.6 Å². The molecule has 5 aromatic rings. The van der Waals surface area contributed by atoms with Crippen molar-refractivity contribution in [2.24, 2.45) is 0 Å². The van der Waals surface area contributed by atoms with Gasteiger partial charge in [-0.15, -0.1) is 23.7 Å². The van der Waals surface area contributed by atoms with E-state index in [1.54, 1.807) is 30.5 Å². The van der Waals surface area contributed by atoms with Crippen LogP contribution in [0.25, 0.3) is 31.7 Å². The lowest BCUT2D eigenvalue weighted by atomic mass is 10.1. The zero-order chi connectivity index (χ0) is 25.9. The Morgan fingerprint density at radius 1 is 0.921 bits per heavy atom. The highest BCUT2D eigenvalue weighted by Gasteiger charge is 2.25. The van der Waals surface area contributed by atoms with Crippen molar-refractivity contribution >= 4 is 67.2 Å². The number of ether oxygens (including phenoxy) is 2. The quantitative estimate of drug-likeness (QED) is 0.199. The van der Waals surface area contributed by atoms with E-state index < -0.39 is 0 Å². The Bertz CT molecular complexity index is 1510. The summed E-state index contributed by atoms with van der Waals surface area (Å²) in [7, 11) is 7.29. The topological polar surface area (TPSA) is 67.8 Å². The molecule has 0 aliphatic rings. The summed E-state index contributed by atoms with van der Waals surface area (Å²) in [6.07, 6.45) is 0.808. The Labute approximate surface area is 236 Å². The number of thiazole rings is 1. The molecule has 0 aliphatic heterocycles. The van der Waals surface area contributed by atoms with E-state index >= 15 is 0 Å². The predicted octanol–water partition coefficient (Wildman–Crippen LogP) is 6.61. The number of fused-ring (bicyclic) bond motifs is 2. The standard InChI is InChI=1S/C28H28N4O3S2.ClH/c1-31(2)12-8-13-32(28-30-22-16-23(34-3)24(35-4)17-26(22)37-28)27(33)19-15-21(25-11-7-14-36-25)29-20-10-6-5-9-18(19)20;/h5-7,9-11,14-17H,8,12-13H2,1-4H3;1H. The van der Waals surface area contributed by atoms with Gasteiger partial charge in [0.1, 0.15) is 0 Å². The van der Waals surface area contributed by atoms with Gasteiger partial charge in [0.2, 0.25) is 0 Å². The second-order valence-electron chi connectivity index (χ2n) is 8.83. The number of thiophene rings is 1. The van der Waals surface area contributed by atoms with Crippen LogP contribution in [0.3, 0.4) is 0 Å². The largest absolute Gasteiger partial charge is 0.493 e. The number of amides is 1. The first-order chi connectivity index (χ1) is 18.0. The van der Waals surface area contributed by atoms with Crippen molar-refractivity contribution in [2.45, 2.75) is 6.42 Å². The summed E-state index contributed by atoms with van der Waals surface area (Å²) in [4.78, 5) is 28.9. The lowest BCUT2D eigenvalue weighted by molar-refractivity contribution is 0.0987. The molecule has 0 unspecified atom stereocenters. The SMILES string of the molecule is COc1cc2nc(N(CCCN(C)C)C(=O)c3cc(-c4cccs4)nc4ccccc34)sc2cc1OC.Cl. The fourth-order valence-electron chi connectivity index (χ4n) is 4.24. The molecule has 10 heteroatoms. The molecule has 38 heavy (non-hydrogen) atoms. The second-order valence-corrected chi connectivity index (χ2v) is 10.8. The molecule has 0 saturated heterocycles. The monoisotopic (exact) mass is 568 g/mol. The summed E-state index contributed by atoms with van der Waals surface area (Å²) in [5.74, 6) is 1.16. The van der Waals surface area contributed by atoms with Gasteiger partial charge in [0.25, 0.3) is 5.91 Å². The summed E-state index contributed by atoms with van der Waals surface area (Å²) in [5, 5.41) is 3.49. The molecule has 0 spiro atoms. The Balaban J connectivity index is 0.00000336. The molecule has 3 aromatic heterocycles. The maximum absolute atomic E-state index is 14.3. The van der Waals surface area contributed by atoms with Crippen molar-refractivity contribution in [1.29, 1.82) is 0 Å². The molecule has 7 nitrogen and oxygen atoms in total. The summed E-state index contributed by atoms with van der Waals surface area (Å²) >= 11 is 3.08. The van der Waals surface area contributed by atoms with Crippen LogP contribution in [0.4, 0.5) is 5.13 Å². The van der Waals surface area contributed by atoms with Gasteiger partial charge in [-0.1, -0.05) is 35.6 Å². The molecule has 3 heterocycles. The molecular weight excluding hydrogens is 540 g/mol. The van der Waals surface area contributed by atoms with Crippen LogP contribution in [0.5, 0.6) is 11.5 Å². The summed E-state index contributed by atoms with van der Waals surface area (Å²) in [6.45, 7) is 1.39. The molecule has 0 bridgehead atoms. The molecule has 0 saturated carbocycles. The fourth-order valence-corrected chi connectivity index (χ4v) is 5.92. The number of carbonyl (C=O) groups is 1. The van der Waals surface area contributed by atoms with Crippen molar-refractivity contribution in [2.75, 3.05) is 46.3 Å². The molecule has 0 fully saturated rings. The molecule has 0 aliphatic carbocycles. The minimum Gasteiger partial charge on any atom is -0.493 e. The Hall–Kier alpha value is -3.24. The van der Waals surface area contributed by atoms with E-state index in [0.717, 1.165) is 44.7 Å². The second kappa shape index (κ2) is 12.1. The van der Waals surface area contributed by atoms with Crippen molar-refractivity contribution in [3.63, 3.8) is 0 Å². The van der Waals surface area contributed by atoms with Crippen molar-refractivity contribution in [1.82, 2.24) is 14.9 Å². The third kappa shape index (κ3) is 5.61. The van der Waals surface area contributed by atoms with Gasteiger partial charge >= 0.3 is 0 Å². The van der Waals surface area contributed by atoms with Gasteiger partial charge in [0.05, 0.1) is 46.1 Å². The first kappa shape index (κ1) is 27.8. The van der Waals surface area contributed by atoms with Crippen LogP contribution in [0.2, 0.25) is 0 Å². The van der Waals surface area contributed by atoms with Crippen LogP contribution in [-0.2, 0) is 0 Å². The third-order valence-corrected chi connectivity index (χ3v) is 8.00. The molecule has 198 valence electrons. The van der Waals surface area contributed by atoms with E-state index in [4.69, 9.17) is 19.4 Å². The molecule has 0 atom stereocenters. The maximum atomic E-state index is 14.3. The average Bonchev–Trinajstić information content (AvgIpc) is 3.59. The summed E-state index contributed by atoms with van der Waals surface area (Å²) in [6, 6.07) is 17.5. The van der Waals surface area contributed by atoms with Gasteiger partial charge in [0.15, 0.2) is 16.6 Å². The van der Waals surface area contributed by atoms with Gasteiger partial charge in [-0.25, -0.2) is 9.97 Å². The van der Waals surface area contributed by atoms with Gasteiger partial charge in [-0.3, -0.25) is 9.69 Å². The zero-order valence-corrected chi connectivity index (χ0v) is 24.1. The van der Waals surface area contributed by atoms with Crippen LogP contribution < -0.4 is 14.4 Å². The van der Waals surface area contributed by atoms with Crippen molar-refractivity contribution in [3.8, 4) is 22.1 Å². The number of rotatable bonds is 9. The normalized spacial score (nSPS) is 11.1. The molecule has 1 amide bonds. The lowest BCUT2D eigenvalue weighted by Crippen LogP contribution is -2.33. The number of benzene rings is 2. The first-order valence-corrected chi connectivity index (χ1v) is 13.6. The van der Waals surface area contributed by atoms with Crippen LogP contribution in [0.15, 0.2) is 60.0 Å². The van der Waals surface area contributed by atoms with Crippen LogP contribution in [-0.4, -0.2) is 62.2 Å². The summed E-state index contributed by atoms with van der Waals surface area (Å²) < 4.78 is 11.9. The van der Waals surface area contributed by atoms with Crippen LogP contribution >= 0.6 is 35.1 Å². The number of methoxy groups -OCH3 is 2. The number of hydrogen-bond donors (Lipinski definition) is 0. The highest BCUT2D eigenvalue weighted by molar-refractivity contribution is 7.22. The number of pyridine rings is 1. The highest BCUT2D eigenvalue weighted by atomic mass is 35.5. The molecule has 0 N–H and O–H groups in total. The van der Waals surface area contributed by atoms with Crippen molar-refractivity contribution in [3.05, 3.63) is 65.5 Å². The lowest BCUT2D eigenvalue weighted by Gasteiger charge is -2.22. The molecule has 2 aromatic carbocycles. The smallest absolute Gasteiger partial charge is 0.260 e. The Kier molecular flexibility index (Phi) is 8.83. The number of carbonyl (C=O) groups excluding carboxylic acids is 1. The highest BCUT2D eigenvalue weighted by Crippen LogP contribution is 2.38. The Morgan fingerprint density at radius 2 is 1.68 bits per heavy atom. The minimum atomic E-state index is -0.0897. The number of nitrogens with zero attached hydrogens (tertiary/aromatic N) is 4. The molecular formula is C28H29ClN4O3S2. The van der Waals surface area contributed by atoms with Crippen LogP contribution in [0.1, 0.15) is 16.8 Å². The van der Waals surface area contributed by atoms with Crippen molar-refractivity contribution < 1.29 is 14.3 Å². The third-order valence-electron chi connectivity index (χ3n) is 6.07. The number of anilines is 1. The van der Waals surface area contributed by atoms with Gasteiger partial charge in [0, 0.05) is 24.1 Å². The van der Waals surface area contributed by atoms with Gasteiger partial charge < -0.3 is 14.4 Å². The number of para-hydroxylation sites is 1. The summed E-state index contributed by atoms with van der Waals surface area (Å²) in [5.41, 5.74) is 2.98. The van der Waals surface area contributed by atoms with E-state index in [1.807, 2.05) is 74.1 Å². The van der Waals surface area contributed by atoms with E-state index in [1.165, 1.54) is 11.3 Å². The Morgan fingerprint density at radius 3 is 2.39 bits per heavy atom. The van der Waals surface area contributed by atoms with Gasteiger partial charge in [-0.2, -0.15) is 0 Å². The number of aromatic nitrogens is 2. The van der Waals surface area contributed by atoms with Crippen LogP contribution in [0, 0.1) is 0 Å². The number of halogens is 1. The average molecular weight is 569 g/mol. The minimum absolute atomic E-state index is 0. The van der Waals surface area contributed by atoms with E-state index in [-0.39, 0.29) is 18.3 Å². The first-order valence-electron chi connectivity index (χ1n) is 11.9. The number of hydrogen-bond acceptors (Lipinski definition) is 8. The predicted molar refractivity (Wildman–Crippen MR) is 160 cm³/mol. The fraction of sp³-hybridized carbons (Fsp3) is 0.250. The maximum Gasteiger partial charge on any atom is 0.260 e. The van der Waals surface area contributed by atoms with E-state index in [9.17, 15) is 4.79 Å². The zero-order valence-electron chi connectivity index (χ0n) is 21.6. The van der Waals surface area contributed by atoms with E-state index in [2.05, 4.69) is 4.90 Å². The molecule has 5 rings (SSSR count). The molecule has 0 radical (unpaired) electrons. The van der Waals surface area contributed by atoms with E-state index in [0.29, 0.717) is 28.7 Å².